The van der Waals surface area contributed by atoms with Crippen LogP contribution < -0.4 is 0 Å². The summed E-state index contributed by atoms with van der Waals surface area (Å²) in [7, 11) is -3.91. The van der Waals surface area contributed by atoms with Gasteiger partial charge in [-0.2, -0.15) is 4.31 Å². The summed E-state index contributed by atoms with van der Waals surface area (Å²) >= 11 is 0. The molecule has 0 aliphatic carbocycles. The Bertz CT molecular complexity index is 1420. The van der Waals surface area contributed by atoms with Gasteiger partial charge < -0.3 is 9.42 Å². The number of benzene rings is 2. The van der Waals surface area contributed by atoms with Crippen molar-refractivity contribution in [3.05, 3.63) is 83.0 Å². The predicted octanol–water partition coefficient (Wildman–Crippen LogP) is 4.04. The minimum atomic E-state index is -3.91. The Hall–Kier alpha value is -3.34. The number of carbonyl (C=O) groups is 1. The fraction of sp³-hybridized carbons (Fsp3) is 0.379. The van der Waals surface area contributed by atoms with E-state index in [1.54, 1.807) is 25.1 Å². The molecular formula is C29H33FN4O4S. The van der Waals surface area contributed by atoms with Gasteiger partial charge in [0.25, 0.3) is 0 Å². The number of halogens is 1. The van der Waals surface area contributed by atoms with Gasteiger partial charge in [-0.25, -0.2) is 12.8 Å². The number of hydrogen-bond acceptors (Lipinski definition) is 6. The van der Waals surface area contributed by atoms with Crippen LogP contribution in [0.2, 0.25) is 0 Å². The highest BCUT2D eigenvalue weighted by Crippen LogP contribution is 2.30. The number of aryl methyl sites for hydroxylation is 1. The molecule has 0 bridgehead atoms. The molecule has 2 aliphatic rings. The van der Waals surface area contributed by atoms with E-state index < -0.39 is 15.8 Å². The Kier molecular flexibility index (Phi) is 8.25. The van der Waals surface area contributed by atoms with E-state index in [-0.39, 0.29) is 41.3 Å². The molecule has 39 heavy (non-hydrogen) atoms. The zero-order valence-electron chi connectivity index (χ0n) is 22.0. The molecule has 0 unspecified atom stereocenters. The summed E-state index contributed by atoms with van der Waals surface area (Å²) in [5.74, 6) is -0.441. The number of amides is 1. The molecule has 1 amide bonds. The van der Waals surface area contributed by atoms with E-state index in [1.165, 1.54) is 28.1 Å². The third kappa shape index (κ3) is 6.13. The molecule has 0 saturated carbocycles. The Balaban J connectivity index is 1.18. The van der Waals surface area contributed by atoms with Crippen molar-refractivity contribution in [3.8, 4) is 0 Å². The number of rotatable bonds is 7. The highest BCUT2D eigenvalue weighted by molar-refractivity contribution is 7.89. The quantitative estimate of drug-likeness (QED) is 0.440. The summed E-state index contributed by atoms with van der Waals surface area (Å²) in [5.41, 5.74) is 1.82. The van der Waals surface area contributed by atoms with Gasteiger partial charge in [-0.15, -0.1) is 0 Å². The Labute approximate surface area is 228 Å². The van der Waals surface area contributed by atoms with Gasteiger partial charge in [0, 0.05) is 57.3 Å². The first-order valence-electron chi connectivity index (χ1n) is 13.3. The molecule has 3 aromatic rings. The van der Waals surface area contributed by atoms with Crippen LogP contribution >= 0.6 is 0 Å². The van der Waals surface area contributed by atoms with E-state index in [1.807, 2.05) is 23.1 Å². The van der Waals surface area contributed by atoms with E-state index >= 15 is 0 Å². The Morgan fingerprint density at radius 3 is 2.33 bits per heavy atom. The molecule has 3 heterocycles. The number of aromatic nitrogens is 1. The maximum Gasteiger partial charge on any atom is 0.248 e. The molecule has 2 aromatic carbocycles. The second-order valence-electron chi connectivity index (χ2n) is 10.1. The summed E-state index contributed by atoms with van der Waals surface area (Å²) in [5, 5.41) is 3.86. The number of nitrogens with zero attached hydrogens (tertiary/aromatic N) is 4. The van der Waals surface area contributed by atoms with E-state index in [0.29, 0.717) is 31.5 Å². The van der Waals surface area contributed by atoms with Crippen LogP contribution in [0.1, 0.15) is 35.4 Å². The van der Waals surface area contributed by atoms with Crippen molar-refractivity contribution in [1.29, 1.82) is 0 Å². The minimum Gasteiger partial charge on any atom is -0.355 e. The summed E-state index contributed by atoms with van der Waals surface area (Å²) in [6, 6.07) is 16.5. The Morgan fingerprint density at radius 2 is 1.64 bits per heavy atom. The standard InChI is InChI=1S/C29H33FN4O4S/c1-22-28(27(38-31-22)12-11-24-9-5-6-10-26(24)30)39(36,37)34-15-13-25(14-16-34)29(35)33-19-17-32(18-20-33)21-23-7-3-2-4-8-23/h2-12,25H,13-21H2,1H3/b12-11+. The average molecular weight is 553 g/mol. The number of sulfonamides is 1. The zero-order chi connectivity index (χ0) is 27.4. The molecule has 10 heteroatoms. The van der Waals surface area contributed by atoms with Crippen molar-refractivity contribution in [2.75, 3.05) is 39.3 Å². The van der Waals surface area contributed by atoms with Crippen LogP contribution in [0.3, 0.4) is 0 Å². The highest BCUT2D eigenvalue weighted by Gasteiger charge is 2.37. The lowest BCUT2D eigenvalue weighted by Gasteiger charge is -2.38. The lowest BCUT2D eigenvalue weighted by Crippen LogP contribution is -2.51. The van der Waals surface area contributed by atoms with Crippen LogP contribution in [0, 0.1) is 18.7 Å². The van der Waals surface area contributed by atoms with Gasteiger partial charge in [0.1, 0.15) is 11.5 Å². The molecular weight excluding hydrogens is 519 g/mol. The average Bonchev–Trinajstić information content (AvgIpc) is 3.34. The predicted molar refractivity (Wildman–Crippen MR) is 146 cm³/mol. The minimum absolute atomic E-state index is 0.0191. The van der Waals surface area contributed by atoms with Gasteiger partial charge in [-0.3, -0.25) is 9.69 Å². The molecule has 0 N–H and O–H groups in total. The molecule has 2 aliphatic heterocycles. The number of hydrogen-bond donors (Lipinski definition) is 0. The van der Waals surface area contributed by atoms with Crippen LogP contribution in [0.5, 0.6) is 0 Å². The van der Waals surface area contributed by atoms with E-state index in [0.717, 1.165) is 19.6 Å². The van der Waals surface area contributed by atoms with Gasteiger partial charge in [-0.1, -0.05) is 53.7 Å². The first-order chi connectivity index (χ1) is 18.8. The summed E-state index contributed by atoms with van der Waals surface area (Å²) in [6.45, 7) is 5.95. The topological polar surface area (TPSA) is 87.0 Å². The van der Waals surface area contributed by atoms with Crippen molar-refractivity contribution >= 4 is 28.1 Å². The second-order valence-corrected chi connectivity index (χ2v) is 12.0. The fourth-order valence-corrected chi connectivity index (χ4v) is 6.99. The van der Waals surface area contributed by atoms with Crippen LogP contribution in [0.4, 0.5) is 4.39 Å². The van der Waals surface area contributed by atoms with E-state index in [9.17, 15) is 17.6 Å². The second kappa shape index (κ2) is 11.8. The molecule has 1 aromatic heterocycles. The molecule has 206 valence electrons. The van der Waals surface area contributed by atoms with Crippen LogP contribution in [0.25, 0.3) is 12.2 Å². The first-order valence-corrected chi connectivity index (χ1v) is 14.7. The SMILES string of the molecule is Cc1noc(/C=C/c2ccccc2F)c1S(=O)(=O)N1CCC(C(=O)N2CCN(Cc3ccccc3)CC2)CC1. The Morgan fingerprint density at radius 1 is 0.974 bits per heavy atom. The molecule has 0 atom stereocenters. The van der Waals surface area contributed by atoms with Crippen molar-refractivity contribution in [2.45, 2.75) is 31.2 Å². The molecule has 2 fully saturated rings. The van der Waals surface area contributed by atoms with Crippen molar-refractivity contribution in [1.82, 2.24) is 19.3 Å². The zero-order valence-corrected chi connectivity index (χ0v) is 22.8. The van der Waals surface area contributed by atoms with Gasteiger partial charge in [0.2, 0.25) is 15.9 Å². The van der Waals surface area contributed by atoms with Crippen LogP contribution in [0.15, 0.2) is 64.0 Å². The van der Waals surface area contributed by atoms with E-state index in [4.69, 9.17) is 4.52 Å². The number of piperazine rings is 1. The lowest BCUT2D eigenvalue weighted by atomic mass is 9.96. The highest BCUT2D eigenvalue weighted by atomic mass is 32.2. The van der Waals surface area contributed by atoms with Crippen molar-refractivity contribution in [2.24, 2.45) is 5.92 Å². The molecule has 5 rings (SSSR count). The summed E-state index contributed by atoms with van der Waals surface area (Å²) in [6.07, 6.45) is 3.83. The monoisotopic (exact) mass is 552 g/mol. The maximum absolute atomic E-state index is 14.0. The largest absolute Gasteiger partial charge is 0.355 e. The lowest BCUT2D eigenvalue weighted by molar-refractivity contribution is -0.138. The summed E-state index contributed by atoms with van der Waals surface area (Å²) in [4.78, 5) is 17.5. The smallest absolute Gasteiger partial charge is 0.248 e. The molecule has 2 saturated heterocycles. The van der Waals surface area contributed by atoms with Crippen molar-refractivity contribution < 1.29 is 22.1 Å². The van der Waals surface area contributed by atoms with Crippen molar-refractivity contribution in [3.63, 3.8) is 0 Å². The number of piperidine rings is 1. The fourth-order valence-electron chi connectivity index (χ4n) is 5.27. The molecule has 8 nitrogen and oxygen atoms in total. The van der Waals surface area contributed by atoms with Gasteiger partial charge in [0.15, 0.2) is 10.7 Å². The van der Waals surface area contributed by atoms with E-state index in [2.05, 4.69) is 22.2 Å². The van der Waals surface area contributed by atoms with Crippen LogP contribution in [-0.4, -0.2) is 72.9 Å². The molecule has 0 spiro atoms. The number of carbonyl (C=O) groups excluding carboxylic acids is 1. The normalized spacial score (nSPS) is 18.2. The summed E-state index contributed by atoms with van der Waals surface area (Å²) < 4.78 is 47.8. The van der Waals surface area contributed by atoms with Gasteiger partial charge in [-0.05, 0) is 43.5 Å². The maximum atomic E-state index is 14.0. The van der Waals surface area contributed by atoms with Crippen LogP contribution in [-0.2, 0) is 21.4 Å². The first kappa shape index (κ1) is 27.2. The van der Waals surface area contributed by atoms with Gasteiger partial charge in [0.05, 0.1) is 0 Å². The molecule has 0 radical (unpaired) electrons. The third-order valence-electron chi connectivity index (χ3n) is 7.49. The van der Waals surface area contributed by atoms with Gasteiger partial charge >= 0.3 is 0 Å². The third-order valence-corrected chi connectivity index (χ3v) is 9.54.